The van der Waals surface area contributed by atoms with Gasteiger partial charge in [0.1, 0.15) is 6.04 Å². The summed E-state index contributed by atoms with van der Waals surface area (Å²) in [6.45, 7) is 0.511. The number of aromatic nitrogens is 1. The Balaban J connectivity index is 1.60. The van der Waals surface area contributed by atoms with Crippen molar-refractivity contribution in [1.29, 1.82) is 0 Å². The second-order valence-corrected chi connectivity index (χ2v) is 5.57. The Kier molecular flexibility index (Phi) is 4.41. The average molecular weight is 314 g/mol. The third kappa shape index (κ3) is 3.41. The van der Waals surface area contributed by atoms with Crippen molar-refractivity contribution >= 4 is 11.9 Å². The van der Waals surface area contributed by atoms with E-state index in [-0.39, 0.29) is 12.3 Å². The predicted octanol–water partition coefficient (Wildman–Crippen LogP) is 2.35. The van der Waals surface area contributed by atoms with Crippen molar-refractivity contribution in [2.24, 2.45) is 0 Å². The molecular weight excluding hydrogens is 296 g/mol. The van der Waals surface area contributed by atoms with Crippen LogP contribution in [0, 0.1) is 0 Å². The van der Waals surface area contributed by atoms with Crippen LogP contribution >= 0.6 is 0 Å². The summed E-state index contributed by atoms with van der Waals surface area (Å²) in [6, 6.07) is 8.93. The predicted molar refractivity (Wildman–Crippen MR) is 82.6 cm³/mol. The molecule has 23 heavy (non-hydrogen) atoms. The molecule has 1 saturated heterocycles. The van der Waals surface area contributed by atoms with E-state index in [0.717, 1.165) is 12.0 Å². The largest absolute Gasteiger partial charge is 0.480 e. The molecule has 0 radical (unpaired) electrons. The molecule has 1 N–H and O–H groups in total. The van der Waals surface area contributed by atoms with Gasteiger partial charge < -0.3 is 14.4 Å². The first-order valence-corrected chi connectivity index (χ1v) is 7.67. The van der Waals surface area contributed by atoms with Gasteiger partial charge in [0.05, 0.1) is 6.20 Å². The quantitative estimate of drug-likeness (QED) is 0.916. The van der Waals surface area contributed by atoms with Gasteiger partial charge in [0, 0.05) is 24.9 Å². The Bertz CT molecular complexity index is 696. The minimum atomic E-state index is -0.932. The molecule has 6 nitrogen and oxygen atoms in total. The lowest BCUT2D eigenvalue weighted by molar-refractivity contribution is -0.148. The van der Waals surface area contributed by atoms with Gasteiger partial charge in [-0.2, -0.15) is 0 Å². The fraction of sp³-hybridized carbons (Fsp3) is 0.353. The summed E-state index contributed by atoms with van der Waals surface area (Å²) in [4.78, 5) is 29.0. The molecule has 0 unspecified atom stereocenters. The molecule has 0 spiro atoms. The minimum Gasteiger partial charge on any atom is -0.480 e. The molecule has 0 aliphatic carbocycles. The molecule has 2 aromatic rings. The van der Waals surface area contributed by atoms with Crippen LogP contribution in [0.2, 0.25) is 0 Å². The van der Waals surface area contributed by atoms with E-state index in [1.165, 1.54) is 4.90 Å². The number of aryl methyl sites for hydroxylation is 1. The van der Waals surface area contributed by atoms with Gasteiger partial charge in [0.2, 0.25) is 5.91 Å². The molecule has 1 aromatic carbocycles. The molecule has 0 bridgehead atoms. The highest BCUT2D eigenvalue weighted by Gasteiger charge is 2.33. The third-order valence-electron chi connectivity index (χ3n) is 4.02. The maximum absolute atomic E-state index is 12.2. The lowest BCUT2D eigenvalue weighted by atomic mass is 10.2. The molecule has 1 aliphatic heterocycles. The number of carbonyl (C=O) groups excluding carboxylic acids is 1. The van der Waals surface area contributed by atoms with Gasteiger partial charge in [-0.25, -0.2) is 9.78 Å². The van der Waals surface area contributed by atoms with Crippen LogP contribution in [0.5, 0.6) is 0 Å². The number of hydrogen-bond acceptors (Lipinski definition) is 4. The second-order valence-electron chi connectivity index (χ2n) is 5.57. The summed E-state index contributed by atoms with van der Waals surface area (Å²) in [6.07, 6.45) is 3.48. The van der Waals surface area contributed by atoms with Gasteiger partial charge in [-0.15, -0.1) is 0 Å². The fourth-order valence-electron chi connectivity index (χ4n) is 2.84. The van der Waals surface area contributed by atoms with Crippen molar-refractivity contribution in [3.05, 3.63) is 42.4 Å². The second kappa shape index (κ2) is 6.64. The third-order valence-corrected chi connectivity index (χ3v) is 4.02. The van der Waals surface area contributed by atoms with Crippen LogP contribution in [-0.4, -0.2) is 39.5 Å². The first-order chi connectivity index (χ1) is 11.1. The molecule has 1 atom stereocenters. The summed E-state index contributed by atoms with van der Waals surface area (Å²) < 4.78 is 5.66. The van der Waals surface area contributed by atoms with E-state index in [0.29, 0.717) is 31.0 Å². The summed E-state index contributed by atoms with van der Waals surface area (Å²) >= 11 is 0. The summed E-state index contributed by atoms with van der Waals surface area (Å²) in [5.74, 6) is 0.0635. The zero-order valence-electron chi connectivity index (χ0n) is 12.6. The topological polar surface area (TPSA) is 83.6 Å². The smallest absolute Gasteiger partial charge is 0.326 e. The highest BCUT2D eigenvalue weighted by Crippen LogP contribution is 2.22. The first kappa shape index (κ1) is 15.3. The van der Waals surface area contributed by atoms with E-state index in [1.807, 2.05) is 30.3 Å². The maximum atomic E-state index is 12.2. The average Bonchev–Trinajstić information content (AvgIpc) is 3.23. The van der Waals surface area contributed by atoms with Crippen LogP contribution in [0.3, 0.4) is 0 Å². The number of carbonyl (C=O) groups is 2. The Morgan fingerprint density at radius 1 is 1.30 bits per heavy atom. The molecule has 1 amide bonds. The molecular formula is C17H18N2O4. The van der Waals surface area contributed by atoms with Crippen LogP contribution in [0.4, 0.5) is 0 Å². The van der Waals surface area contributed by atoms with E-state index < -0.39 is 12.0 Å². The SMILES string of the molecule is O=C(O)[C@H]1CCCN1C(=O)CCc1ncc(-c2ccccc2)o1. The van der Waals surface area contributed by atoms with Crippen LogP contribution < -0.4 is 0 Å². The first-order valence-electron chi connectivity index (χ1n) is 7.67. The molecule has 2 heterocycles. The summed E-state index contributed by atoms with van der Waals surface area (Å²) in [5, 5.41) is 9.12. The number of nitrogens with zero attached hydrogens (tertiary/aromatic N) is 2. The number of likely N-dealkylation sites (tertiary alicyclic amines) is 1. The number of amides is 1. The number of benzene rings is 1. The molecule has 0 saturated carbocycles. The van der Waals surface area contributed by atoms with Crippen molar-refractivity contribution in [1.82, 2.24) is 9.88 Å². The van der Waals surface area contributed by atoms with Crippen molar-refractivity contribution in [3.63, 3.8) is 0 Å². The molecule has 1 aromatic heterocycles. The number of carboxylic acid groups (broad SMARTS) is 1. The van der Waals surface area contributed by atoms with Crippen molar-refractivity contribution < 1.29 is 19.1 Å². The van der Waals surface area contributed by atoms with E-state index in [1.54, 1.807) is 6.20 Å². The Morgan fingerprint density at radius 2 is 2.09 bits per heavy atom. The van der Waals surface area contributed by atoms with E-state index in [4.69, 9.17) is 9.52 Å². The summed E-state index contributed by atoms with van der Waals surface area (Å²) in [5.41, 5.74) is 0.933. The Morgan fingerprint density at radius 3 is 2.83 bits per heavy atom. The Labute approximate surface area is 133 Å². The summed E-state index contributed by atoms with van der Waals surface area (Å²) in [7, 11) is 0. The van der Waals surface area contributed by atoms with Crippen molar-refractivity contribution in [2.75, 3.05) is 6.54 Å². The number of carboxylic acids is 1. The van der Waals surface area contributed by atoms with Gasteiger partial charge in [-0.05, 0) is 12.8 Å². The van der Waals surface area contributed by atoms with Gasteiger partial charge in [-0.3, -0.25) is 4.79 Å². The lowest BCUT2D eigenvalue weighted by Gasteiger charge is -2.20. The highest BCUT2D eigenvalue weighted by molar-refractivity contribution is 5.84. The molecule has 120 valence electrons. The van der Waals surface area contributed by atoms with Crippen molar-refractivity contribution in [2.45, 2.75) is 31.7 Å². The number of hydrogen-bond donors (Lipinski definition) is 1. The lowest BCUT2D eigenvalue weighted by Crippen LogP contribution is -2.40. The van der Waals surface area contributed by atoms with Crippen LogP contribution in [0.25, 0.3) is 11.3 Å². The maximum Gasteiger partial charge on any atom is 0.326 e. The Hall–Kier alpha value is -2.63. The van der Waals surface area contributed by atoms with Crippen LogP contribution in [0.15, 0.2) is 40.9 Å². The van der Waals surface area contributed by atoms with E-state index in [2.05, 4.69) is 4.98 Å². The zero-order valence-corrected chi connectivity index (χ0v) is 12.6. The fourth-order valence-corrected chi connectivity index (χ4v) is 2.84. The molecule has 3 rings (SSSR count). The zero-order chi connectivity index (χ0) is 16.2. The van der Waals surface area contributed by atoms with Gasteiger partial charge >= 0.3 is 5.97 Å². The monoisotopic (exact) mass is 314 g/mol. The van der Waals surface area contributed by atoms with Gasteiger partial charge in [0.15, 0.2) is 11.7 Å². The number of aliphatic carboxylic acids is 1. The highest BCUT2D eigenvalue weighted by atomic mass is 16.4. The standard InChI is InChI=1S/C17H18N2O4/c20-16(19-10-4-7-13(19)17(21)22)9-8-15-18-11-14(23-15)12-5-2-1-3-6-12/h1-3,5-6,11,13H,4,7-10H2,(H,21,22)/t13-/m1/s1. The van der Waals surface area contributed by atoms with Crippen molar-refractivity contribution in [3.8, 4) is 11.3 Å². The molecule has 1 fully saturated rings. The number of rotatable bonds is 5. The van der Waals surface area contributed by atoms with Crippen LogP contribution in [-0.2, 0) is 16.0 Å². The normalized spacial score (nSPS) is 17.4. The van der Waals surface area contributed by atoms with Gasteiger partial charge in [-0.1, -0.05) is 30.3 Å². The van der Waals surface area contributed by atoms with E-state index >= 15 is 0 Å². The molecule has 6 heteroatoms. The van der Waals surface area contributed by atoms with E-state index in [9.17, 15) is 9.59 Å². The van der Waals surface area contributed by atoms with Gasteiger partial charge in [0.25, 0.3) is 0 Å². The number of oxazole rings is 1. The minimum absolute atomic E-state index is 0.158. The molecule has 1 aliphatic rings. The van der Waals surface area contributed by atoms with Crippen LogP contribution in [0.1, 0.15) is 25.2 Å².